The average molecular weight is 383 g/mol. The van der Waals surface area contributed by atoms with E-state index in [1.807, 2.05) is 30.5 Å². The number of hydrogen-bond donors (Lipinski definition) is 3. The standard InChI is InChI=1S/C20H25N5O3/c21-5-1-7-24-8-10-25(11-9-24)14-16(20(27)28)12-19(26)23-17-3-2-15-4-6-22-18(15)13-17/h2-4,6,13,16,22H,1,7-12,14H2,(H,23,26)(H,27,28)/t16-/m1/s1. The SMILES string of the molecule is N#CCCN1CCN(C[C@@H](CC(=O)Nc2ccc3cc[nH]c3c2)C(=O)O)CC1. The van der Waals surface area contributed by atoms with Gasteiger partial charge in [0.25, 0.3) is 0 Å². The summed E-state index contributed by atoms with van der Waals surface area (Å²) in [7, 11) is 0. The molecule has 1 aromatic carbocycles. The maximum atomic E-state index is 12.4. The molecule has 0 saturated carbocycles. The minimum absolute atomic E-state index is 0.0628. The van der Waals surface area contributed by atoms with Gasteiger partial charge >= 0.3 is 5.97 Å². The van der Waals surface area contributed by atoms with Crippen molar-refractivity contribution >= 4 is 28.5 Å². The third-order valence-electron chi connectivity index (χ3n) is 5.10. The van der Waals surface area contributed by atoms with Crippen molar-refractivity contribution in [2.24, 2.45) is 5.92 Å². The van der Waals surface area contributed by atoms with Gasteiger partial charge in [0.05, 0.1) is 12.0 Å². The van der Waals surface area contributed by atoms with E-state index in [0.29, 0.717) is 18.7 Å². The van der Waals surface area contributed by atoms with E-state index < -0.39 is 11.9 Å². The van der Waals surface area contributed by atoms with Crippen molar-refractivity contribution in [2.45, 2.75) is 12.8 Å². The van der Waals surface area contributed by atoms with Gasteiger partial charge in [-0.1, -0.05) is 6.07 Å². The fourth-order valence-electron chi connectivity index (χ4n) is 3.51. The second-order valence-electron chi connectivity index (χ2n) is 7.12. The van der Waals surface area contributed by atoms with Gasteiger partial charge in [-0.15, -0.1) is 0 Å². The summed E-state index contributed by atoms with van der Waals surface area (Å²) in [5, 5.41) is 22.1. The van der Waals surface area contributed by atoms with Gasteiger partial charge in [0.15, 0.2) is 0 Å². The van der Waals surface area contributed by atoms with E-state index in [9.17, 15) is 14.7 Å². The summed E-state index contributed by atoms with van der Waals surface area (Å²) in [6.45, 7) is 4.23. The number of rotatable bonds is 8. The number of carbonyl (C=O) groups excluding carboxylic acids is 1. The highest BCUT2D eigenvalue weighted by molar-refractivity contribution is 5.95. The Morgan fingerprint density at radius 3 is 2.68 bits per heavy atom. The Balaban J connectivity index is 1.50. The van der Waals surface area contributed by atoms with Gasteiger partial charge in [-0.3, -0.25) is 19.4 Å². The molecule has 1 atom stereocenters. The number of nitriles is 1. The number of carbonyl (C=O) groups is 2. The topological polar surface area (TPSA) is 112 Å². The van der Waals surface area contributed by atoms with Gasteiger partial charge in [0.2, 0.25) is 5.91 Å². The van der Waals surface area contributed by atoms with Crippen LogP contribution in [0.2, 0.25) is 0 Å². The zero-order valence-corrected chi connectivity index (χ0v) is 15.7. The molecule has 148 valence electrons. The minimum Gasteiger partial charge on any atom is -0.481 e. The van der Waals surface area contributed by atoms with Gasteiger partial charge in [-0.25, -0.2) is 0 Å². The molecule has 28 heavy (non-hydrogen) atoms. The first-order chi connectivity index (χ1) is 13.5. The average Bonchev–Trinajstić information content (AvgIpc) is 3.14. The van der Waals surface area contributed by atoms with Crippen LogP contribution in [0.3, 0.4) is 0 Å². The summed E-state index contributed by atoms with van der Waals surface area (Å²) >= 11 is 0. The number of benzene rings is 1. The highest BCUT2D eigenvalue weighted by atomic mass is 16.4. The van der Waals surface area contributed by atoms with Crippen molar-refractivity contribution < 1.29 is 14.7 Å². The lowest BCUT2D eigenvalue weighted by Gasteiger charge is -2.35. The molecule has 1 amide bonds. The maximum Gasteiger partial charge on any atom is 0.308 e. The molecule has 2 heterocycles. The summed E-state index contributed by atoms with van der Waals surface area (Å²) in [6.07, 6.45) is 2.27. The van der Waals surface area contributed by atoms with Crippen molar-refractivity contribution in [3.63, 3.8) is 0 Å². The summed E-state index contributed by atoms with van der Waals surface area (Å²) in [5.74, 6) is -2.01. The fraction of sp³-hybridized carbons (Fsp3) is 0.450. The molecule has 8 heteroatoms. The molecule has 1 fully saturated rings. The summed E-state index contributed by atoms with van der Waals surface area (Å²) in [4.78, 5) is 31.4. The van der Waals surface area contributed by atoms with Gasteiger partial charge in [-0.05, 0) is 23.6 Å². The van der Waals surface area contributed by atoms with Crippen LogP contribution in [-0.2, 0) is 9.59 Å². The first kappa shape index (κ1) is 19.9. The van der Waals surface area contributed by atoms with Crippen LogP contribution in [0.5, 0.6) is 0 Å². The van der Waals surface area contributed by atoms with E-state index in [4.69, 9.17) is 5.26 Å². The number of H-pyrrole nitrogens is 1. The van der Waals surface area contributed by atoms with Gasteiger partial charge in [0.1, 0.15) is 0 Å². The molecule has 1 saturated heterocycles. The first-order valence-corrected chi connectivity index (χ1v) is 9.46. The van der Waals surface area contributed by atoms with Crippen LogP contribution >= 0.6 is 0 Å². The quantitative estimate of drug-likeness (QED) is 0.640. The molecule has 1 aromatic heterocycles. The first-order valence-electron chi connectivity index (χ1n) is 9.46. The Kier molecular flexibility index (Phi) is 6.63. The second-order valence-corrected chi connectivity index (χ2v) is 7.12. The van der Waals surface area contributed by atoms with Crippen molar-refractivity contribution in [2.75, 3.05) is 44.6 Å². The molecule has 1 aliphatic rings. The molecule has 0 unspecified atom stereocenters. The van der Waals surface area contributed by atoms with Crippen LogP contribution in [-0.4, -0.2) is 71.0 Å². The lowest BCUT2D eigenvalue weighted by atomic mass is 10.0. The van der Waals surface area contributed by atoms with Crippen LogP contribution in [0.1, 0.15) is 12.8 Å². The Morgan fingerprint density at radius 2 is 1.96 bits per heavy atom. The molecule has 2 aromatic rings. The summed E-state index contributed by atoms with van der Waals surface area (Å²) in [5.41, 5.74) is 1.57. The molecule has 3 rings (SSSR count). The zero-order chi connectivity index (χ0) is 19.9. The highest BCUT2D eigenvalue weighted by Crippen LogP contribution is 2.18. The lowest BCUT2D eigenvalue weighted by Crippen LogP contribution is -2.48. The number of nitrogens with one attached hydrogen (secondary N) is 2. The van der Waals surface area contributed by atoms with Crippen molar-refractivity contribution in [3.05, 3.63) is 30.5 Å². The molecule has 8 nitrogen and oxygen atoms in total. The largest absolute Gasteiger partial charge is 0.481 e. The summed E-state index contributed by atoms with van der Waals surface area (Å²) in [6, 6.07) is 9.64. The number of aromatic amines is 1. The van der Waals surface area contributed by atoms with Crippen molar-refractivity contribution in [1.29, 1.82) is 5.26 Å². The van der Waals surface area contributed by atoms with Crippen molar-refractivity contribution in [3.8, 4) is 6.07 Å². The third kappa shape index (κ3) is 5.31. The van der Waals surface area contributed by atoms with E-state index in [1.165, 1.54) is 0 Å². The number of carboxylic acids is 1. The van der Waals surface area contributed by atoms with E-state index in [0.717, 1.165) is 43.6 Å². The van der Waals surface area contributed by atoms with E-state index in [1.54, 1.807) is 0 Å². The molecule has 3 N–H and O–H groups in total. The minimum atomic E-state index is -0.957. The Morgan fingerprint density at radius 1 is 1.21 bits per heavy atom. The van der Waals surface area contributed by atoms with E-state index in [-0.39, 0.29) is 12.3 Å². The molecule has 0 radical (unpaired) electrons. The number of anilines is 1. The number of piperazine rings is 1. The smallest absolute Gasteiger partial charge is 0.308 e. The van der Waals surface area contributed by atoms with Crippen LogP contribution in [0.25, 0.3) is 10.9 Å². The Labute approximate surface area is 163 Å². The normalized spacial score (nSPS) is 16.5. The Bertz CT molecular complexity index is 864. The van der Waals surface area contributed by atoms with Crippen LogP contribution in [0.15, 0.2) is 30.5 Å². The fourth-order valence-corrected chi connectivity index (χ4v) is 3.51. The lowest BCUT2D eigenvalue weighted by molar-refractivity contribution is -0.144. The van der Waals surface area contributed by atoms with Gasteiger partial charge < -0.3 is 15.4 Å². The number of amides is 1. The van der Waals surface area contributed by atoms with Gasteiger partial charge in [-0.2, -0.15) is 5.26 Å². The molecule has 0 aliphatic carbocycles. The van der Waals surface area contributed by atoms with E-state index >= 15 is 0 Å². The number of hydrogen-bond acceptors (Lipinski definition) is 5. The predicted molar refractivity (Wildman–Crippen MR) is 106 cm³/mol. The highest BCUT2D eigenvalue weighted by Gasteiger charge is 2.26. The molecule has 0 bridgehead atoms. The summed E-state index contributed by atoms with van der Waals surface area (Å²) < 4.78 is 0. The number of fused-ring (bicyclic) bond motifs is 1. The zero-order valence-electron chi connectivity index (χ0n) is 15.7. The molecular formula is C20H25N5O3. The number of carboxylic acid groups (broad SMARTS) is 1. The Hall–Kier alpha value is -2.89. The van der Waals surface area contributed by atoms with Crippen LogP contribution in [0, 0.1) is 17.2 Å². The maximum absolute atomic E-state index is 12.4. The third-order valence-corrected chi connectivity index (χ3v) is 5.10. The number of aliphatic carboxylic acids is 1. The molecule has 1 aliphatic heterocycles. The predicted octanol–water partition coefficient (Wildman–Crippen LogP) is 1.73. The van der Waals surface area contributed by atoms with Crippen LogP contribution in [0.4, 0.5) is 5.69 Å². The van der Waals surface area contributed by atoms with Crippen LogP contribution < -0.4 is 5.32 Å². The molecular weight excluding hydrogens is 358 g/mol. The number of aromatic nitrogens is 1. The second kappa shape index (κ2) is 9.35. The van der Waals surface area contributed by atoms with Gasteiger partial charge in [0, 0.05) is 69.5 Å². The monoisotopic (exact) mass is 383 g/mol. The van der Waals surface area contributed by atoms with E-state index in [2.05, 4.69) is 26.2 Å². The van der Waals surface area contributed by atoms with Crippen molar-refractivity contribution in [1.82, 2.24) is 14.8 Å². The number of nitrogens with zero attached hydrogens (tertiary/aromatic N) is 3. The molecule has 0 spiro atoms.